The molecule has 0 aliphatic carbocycles. The van der Waals surface area contributed by atoms with Crippen molar-refractivity contribution in [2.75, 3.05) is 26.2 Å². The van der Waals surface area contributed by atoms with Crippen molar-refractivity contribution in [3.05, 3.63) is 12.3 Å². The van der Waals surface area contributed by atoms with Crippen LogP contribution in [0.3, 0.4) is 0 Å². The summed E-state index contributed by atoms with van der Waals surface area (Å²) in [5.74, 6) is 0. The number of H-pyrrole nitrogens is 1. The molecule has 6 nitrogen and oxygen atoms in total. The van der Waals surface area contributed by atoms with Gasteiger partial charge in [-0.2, -0.15) is 5.10 Å². The van der Waals surface area contributed by atoms with Crippen molar-refractivity contribution in [1.82, 2.24) is 19.8 Å². The molecule has 0 aromatic carbocycles. The molecule has 0 aliphatic heterocycles. The van der Waals surface area contributed by atoms with Crippen LogP contribution in [0.2, 0.25) is 0 Å². The summed E-state index contributed by atoms with van der Waals surface area (Å²) < 4.78 is 26.0. The second-order valence-corrected chi connectivity index (χ2v) is 5.49. The van der Waals surface area contributed by atoms with E-state index in [0.29, 0.717) is 6.54 Å². The fourth-order valence-electron chi connectivity index (χ4n) is 1.55. The molecule has 0 atom stereocenters. The number of nitrogens with one attached hydrogen (secondary N) is 2. The zero-order valence-corrected chi connectivity index (χ0v) is 11.1. The van der Waals surface area contributed by atoms with E-state index < -0.39 is 10.0 Å². The zero-order chi connectivity index (χ0) is 12.7. The number of aromatic amines is 1. The molecule has 1 aromatic heterocycles. The number of hydrogen-bond donors (Lipinski definition) is 2. The lowest BCUT2D eigenvalue weighted by Crippen LogP contribution is -2.35. The van der Waals surface area contributed by atoms with Gasteiger partial charge in [-0.05, 0) is 25.6 Å². The zero-order valence-electron chi connectivity index (χ0n) is 10.3. The van der Waals surface area contributed by atoms with Gasteiger partial charge in [-0.1, -0.05) is 13.8 Å². The maximum atomic E-state index is 11.7. The molecule has 2 N–H and O–H groups in total. The molecule has 7 heteroatoms. The Morgan fingerprint density at radius 2 is 2.18 bits per heavy atom. The number of rotatable bonds is 8. The summed E-state index contributed by atoms with van der Waals surface area (Å²) in [4.78, 5) is 2.20. The SMILES string of the molecule is CCCN(CC)CCNS(=O)(=O)c1ccn[nH]1. The van der Waals surface area contributed by atoms with E-state index in [1.165, 1.54) is 12.3 Å². The Kier molecular flexibility index (Phi) is 5.60. The van der Waals surface area contributed by atoms with Gasteiger partial charge in [0.15, 0.2) is 5.03 Å². The Morgan fingerprint density at radius 3 is 2.71 bits per heavy atom. The van der Waals surface area contributed by atoms with Crippen LogP contribution in [0.25, 0.3) is 0 Å². The first kappa shape index (κ1) is 14.1. The van der Waals surface area contributed by atoms with Crippen molar-refractivity contribution in [3.8, 4) is 0 Å². The summed E-state index contributed by atoms with van der Waals surface area (Å²) in [6.45, 7) is 7.23. The minimum absolute atomic E-state index is 0.107. The lowest BCUT2D eigenvalue weighted by atomic mass is 10.4. The van der Waals surface area contributed by atoms with Crippen LogP contribution in [0.5, 0.6) is 0 Å². The van der Waals surface area contributed by atoms with Crippen molar-refractivity contribution in [1.29, 1.82) is 0 Å². The second kappa shape index (κ2) is 6.73. The number of hydrogen-bond acceptors (Lipinski definition) is 4. The van der Waals surface area contributed by atoms with E-state index >= 15 is 0 Å². The predicted molar refractivity (Wildman–Crippen MR) is 66.2 cm³/mol. The first-order valence-corrected chi connectivity index (χ1v) is 7.30. The minimum Gasteiger partial charge on any atom is -0.302 e. The van der Waals surface area contributed by atoms with Gasteiger partial charge in [0.1, 0.15) is 0 Å². The monoisotopic (exact) mass is 260 g/mol. The van der Waals surface area contributed by atoms with Crippen LogP contribution in [0.1, 0.15) is 20.3 Å². The first-order valence-electron chi connectivity index (χ1n) is 5.81. The standard InChI is InChI=1S/C10H20N4O2S/c1-3-8-14(4-2)9-7-12-17(15,16)10-5-6-11-13-10/h5-6,12H,3-4,7-9H2,1-2H3,(H,11,13). The fraction of sp³-hybridized carbons (Fsp3) is 0.700. The maximum absolute atomic E-state index is 11.7. The molecule has 17 heavy (non-hydrogen) atoms. The lowest BCUT2D eigenvalue weighted by molar-refractivity contribution is 0.293. The molecule has 1 rings (SSSR count). The molecule has 98 valence electrons. The van der Waals surface area contributed by atoms with E-state index in [1.54, 1.807) is 0 Å². The van der Waals surface area contributed by atoms with Gasteiger partial charge in [0.2, 0.25) is 0 Å². The normalized spacial score (nSPS) is 12.2. The summed E-state index contributed by atoms with van der Waals surface area (Å²) in [6.07, 6.45) is 2.49. The van der Waals surface area contributed by atoms with Crippen molar-refractivity contribution in [2.24, 2.45) is 0 Å². The van der Waals surface area contributed by atoms with Gasteiger partial charge in [-0.25, -0.2) is 13.1 Å². The second-order valence-electron chi connectivity index (χ2n) is 3.75. The molecule has 1 heterocycles. The van der Waals surface area contributed by atoms with E-state index in [9.17, 15) is 8.42 Å². The number of nitrogens with zero attached hydrogens (tertiary/aromatic N) is 2. The van der Waals surface area contributed by atoms with Gasteiger partial charge in [-0.3, -0.25) is 5.10 Å². The average molecular weight is 260 g/mol. The molecule has 0 spiro atoms. The quantitative estimate of drug-likeness (QED) is 0.710. The topological polar surface area (TPSA) is 78.1 Å². The highest BCUT2D eigenvalue weighted by atomic mass is 32.2. The van der Waals surface area contributed by atoms with Crippen LogP contribution in [0, 0.1) is 0 Å². The maximum Gasteiger partial charge on any atom is 0.257 e. The molecule has 0 saturated heterocycles. The molecular formula is C10H20N4O2S. The van der Waals surface area contributed by atoms with Crippen molar-refractivity contribution in [3.63, 3.8) is 0 Å². The highest BCUT2D eigenvalue weighted by molar-refractivity contribution is 7.89. The smallest absolute Gasteiger partial charge is 0.257 e. The van der Waals surface area contributed by atoms with E-state index in [4.69, 9.17) is 0 Å². The van der Waals surface area contributed by atoms with Crippen LogP contribution in [-0.2, 0) is 10.0 Å². The van der Waals surface area contributed by atoms with Gasteiger partial charge < -0.3 is 4.90 Å². The number of sulfonamides is 1. The van der Waals surface area contributed by atoms with E-state index in [0.717, 1.165) is 26.1 Å². The predicted octanol–water partition coefficient (Wildman–Crippen LogP) is 0.420. The molecule has 1 aromatic rings. The Morgan fingerprint density at radius 1 is 1.41 bits per heavy atom. The third kappa shape index (κ3) is 4.45. The molecule has 0 aliphatic rings. The highest BCUT2D eigenvalue weighted by Crippen LogP contribution is 2.01. The summed E-state index contributed by atoms with van der Waals surface area (Å²) in [7, 11) is -3.43. The Bertz CT molecular complexity index is 402. The fourth-order valence-corrected chi connectivity index (χ4v) is 2.48. The van der Waals surface area contributed by atoms with Crippen LogP contribution >= 0.6 is 0 Å². The summed E-state index contributed by atoms with van der Waals surface area (Å²) in [6, 6.07) is 1.44. The van der Waals surface area contributed by atoms with Gasteiger partial charge in [0.25, 0.3) is 10.0 Å². The van der Waals surface area contributed by atoms with Gasteiger partial charge in [0, 0.05) is 13.1 Å². The van der Waals surface area contributed by atoms with Crippen molar-refractivity contribution in [2.45, 2.75) is 25.3 Å². The van der Waals surface area contributed by atoms with Crippen LogP contribution in [0.4, 0.5) is 0 Å². The molecule has 0 amide bonds. The largest absolute Gasteiger partial charge is 0.302 e. The van der Waals surface area contributed by atoms with E-state index in [2.05, 4.69) is 33.7 Å². The lowest BCUT2D eigenvalue weighted by Gasteiger charge is -2.19. The molecule has 0 unspecified atom stereocenters. The number of likely N-dealkylation sites (N-methyl/N-ethyl adjacent to an activating group) is 1. The molecule has 0 radical (unpaired) electrons. The third-order valence-electron chi connectivity index (χ3n) is 2.47. The van der Waals surface area contributed by atoms with Crippen LogP contribution < -0.4 is 4.72 Å². The van der Waals surface area contributed by atoms with Crippen LogP contribution in [-0.4, -0.2) is 49.7 Å². The highest BCUT2D eigenvalue weighted by Gasteiger charge is 2.14. The summed E-state index contributed by atoms with van der Waals surface area (Å²) >= 11 is 0. The molecule has 0 fully saturated rings. The summed E-state index contributed by atoms with van der Waals surface area (Å²) in [5, 5.41) is 6.17. The molecule has 0 bridgehead atoms. The minimum atomic E-state index is -3.43. The molecule has 0 saturated carbocycles. The van der Waals surface area contributed by atoms with E-state index in [1.807, 2.05) is 0 Å². The Hall–Kier alpha value is -0.920. The third-order valence-corrected chi connectivity index (χ3v) is 3.86. The Labute approximate surface area is 102 Å². The summed E-state index contributed by atoms with van der Waals surface area (Å²) in [5.41, 5.74) is 0. The van der Waals surface area contributed by atoms with E-state index in [-0.39, 0.29) is 5.03 Å². The average Bonchev–Trinajstić information content (AvgIpc) is 2.81. The molecular weight excluding hydrogens is 240 g/mol. The van der Waals surface area contributed by atoms with Crippen molar-refractivity contribution >= 4 is 10.0 Å². The van der Waals surface area contributed by atoms with Gasteiger partial charge in [-0.15, -0.1) is 0 Å². The number of aromatic nitrogens is 2. The first-order chi connectivity index (χ1) is 8.10. The van der Waals surface area contributed by atoms with Gasteiger partial charge in [0.05, 0.1) is 6.20 Å². The Balaban J connectivity index is 2.41. The van der Waals surface area contributed by atoms with Crippen molar-refractivity contribution < 1.29 is 8.42 Å². The van der Waals surface area contributed by atoms with Gasteiger partial charge >= 0.3 is 0 Å². The van der Waals surface area contributed by atoms with Crippen LogP contribution in [0.15, 0.2) is 17.3 Å².